The second-order valence-corrected chi connectivity index (χ2v) is 8.24. The fourth-order valence-corrected chi connectivity index (χ4v) is 3.67. The summed E-state index contributed by atoms with van der Waals surface area (Å²) in [7, 11) is 0. The lowest BCUT2D eigenvalue weighted by Crippen LogP contribution is -2.57. The number of nitrogens with zero attached hydrogens (tertiary/aromatic N) is 1. The molecule has 1 aliphatic heterocycles. The van der Waals surface area contributed by atoms with Gasteiger partial charge in [0.05, 0.1) is 6.04 Å². The first kappa shape index (κ1) is 26.6. The van der Waals surface area contributed by atoms with Crippen molar-refractivity contribution in [2.75, 3.05) is 6.54 Å². The van der Waals surface area contributed by atoms with Crippen molar-refractivity contribution in [1.29, 1.82) is 0 Å². The summed E-state index contributed by atoms with van der Waals surface area (Å²) in [5.74, 6) is -4.39. The fraction of sp³-hybridized carbons (Fsp3) is 0.500. The maximum Gasteiger partial charge on any atom is 0.326 e. The highest BCUT2D eigenvalue weighted by atomic mass is 16.4. The van der Waals surface area contributed by atoms with E-state index < -0.39 is 60.2 Å². The van der Waals surface area contributed by atoms with E-state index in [9.17, 15) is 34.2 Å². The predicted octanol–water partition coefficient (Wildman–Crippen LogP) is -0.808. The van der Waals surface area contributed by atoms with Gasteiger partial charge in [0.25, 0.3) is 0 Å². The third-order valence-electron chi connectivity index (χ3n) is 5.51. The molecule has 0 spiro atoms. The highest BCUT2D eigenvalue weighted by Gasteiger charge is 2.38. The Balaban J connectivity index is 2.27. The molecule has 1 saturated heterocycles. The Kier molecular flexibility index (Phi) is 9.36. The van der Waals surface area contributed by atoms with Crippen LogP contribution in [0.15, 0.2) is 24.3 Å². The molecule has 1 aliphatic rings. The van der Waals surface area contributed by atoms with Crippen molar-refractivity contribution in [2.24, 2.45) is 5.73 Å². The maximum absolute atomic E-state index is 13.3. The number of hydrogen-bond donors (Lipinski definition) is 6. The van der Waals surface area contributed by atoms with E-state index in [2.05, 4.69) is 10.6 Å². The van der Waals surface area contributed by atoms with Crippen molar-refractivity contribution in [1.82, 2.24) is 15.5 Å². The number of aliphatic carboxylic acids is 2. The van der Waals surface area contributed by atoms with Gasteiger partial charge in [0.1, 0.15) is 23.9 Å². The van der Waals surface area contributed by atoms with Crippen LogP contribution in [0, 0.1) is 0 Å². The molecule has 2 rings (SSSR count). The van der Waals surface area contributed by atoms with Gasteiger partial charge < -0.3 is 36.6 Å². The molecule has 0 saturated carbocycles. The van der Waals surface area contributed by atoms with Crippen LogP contribution in [0.4, 0.5) is 0 Å². The molecule has 0 aliphatic carbocycles. The first-order valence-corrected chi connectivity index (χ1v) is 10.9. The molecule has 1 heterocycles. The number of carbonyl (C=O) groups excluding carboxylic acids is 3. The standard InChI is InChI=1S/C22H30N4O8/c1-12(23)19(30)24-15(8-9-18(28)29)20(31)25-16(11-13-4-6-14(27)7-5-13)21(32)26-10-2-3-17(26)22(33)34/h4-7,12,15-17,27H,2-3,8-11,23H2,1H3,(H,24,30)(H,25,31)(H,28,29)(H,33,34). The van der Waals surface area contributed by atoms with E-state index in [4.69, 9.17) is 10.8 Å². The average molecular weight is 479 g/mol. The largest absolute Gasteiger partial charge is 0.508 e. The van der Waals surface area contributed by atoms with E-state index in [1.165, 1.54) is 24.0 Å². The molecule has 0 radical (unpaired) electrons. The van der Waals surface area contributed by atoms with Crippen molar-refractivity contribution >= 4 is 29.7 Å². The van der Waals surface area contributed by atoms with E-state index >= 15 is 0 Å². The van der Waals surface area contributed by atoms with Gasteiger partial charge in [-0.1, -0.05) is 12.1 Å². The molecule has 1 aromatic rings. The van der Waals surface area contributed by atoms with Gasteiger partial charge in [-0.05, 0) is 43.9 Å². The van der Waals surface area contributed by atoms with Crippen molar-refractivity contribution < 1.29 is 39.3 Å². The number of phenolic OH excluding ortho intramolecular Hbond substituents is 1. The van der Waals surface area contributed by atoms with Crippen LogP contribution in [0.25, 0.3) is 0 Å². The number of carboxylic acids is 2. The molecule has 186 valence electrons. The Morgan fingerprint density at radius 3 is 2.24 bits per heavy atom. The van der Waals surface area contributed by atoms with Crippen LogP contribution in [0.1, 0.15) is 38.2 Å². The van der Waals surface area contributed by atoms with Crippen molar-refractivity contribution in [3.05, 3.63) is 29.8 Å². The summed E-state index contributed by atoms with van der Waals surface area (Å²) >= 11 is 0. The van der Waals surface area contributed by atoms with Gasteiger partial charge in [-0.15, -0.1) is 0 Å². The molecule has 4 atom stereocenters. The third-order valence-corrected chi connectivity index (χ3v) is 5.51. The monoisotopic (exact) mass is 478 g/mol. The lowest BCUT2D eigenvalue weighted by Gasteiger charge is -2.29. The van der Waals surface area contributed by atoms with Crippen LogP contribution in [0.3, 0.4) is 0 Å². The van der Waals surface area contributed by atoms with Crippen LogP contribution in [0.5, 0.6) is 5.75 Å². The molecule has 0 bridgehead atoms. The molecule has 4 unspecified atom stereocenters. The summed E-state index contributed by atoms with van der Waals surface area (Å²) in [5, 5.41) is 32.9. The van der Waals surface area contributed by atoms with Gasteiger partial charge >= 0.3 is 11.9 Å². The number of aromatic hydroxyl groups is 1. The third kappa shape index (κ3) is 7.44. The first-order valence-electron chi connectivity index (χ1n) is 10.9. The van der Waals surface area contributed by atoms with Gasteiger partial charge in [-0.2, -0.15) is 0 Å². The molecule has 0 aromatic heterocycles. The SMILES string of the molecule is CC(N)C(=O)NC(CCC(=O)O)C(=O)NC(Cc1ccc(O)cc1)C(=O)N1CCCC1C(=O)O. The van der Waals surface area contributed by atoms with Gasteiger partial charge in [0.2, 0.25) is 17.7 Å². The summed E-state index contributed by atoms with van der Waals surface area (Å²) in [6, 6.07) is 1.51. The molecule has 34 heavy (non-hydrogen) atoms. The number of nitrogens with one attached hydrogen (secondary N) is 2. The number of amides is 3. The number of nitrogens with two attached hydrogens (primary N) is 1. The van der Waals surface area contributed by atoms with Crippen LogP contribution in [-0.2, 0) is 30.4 Å². The van der Waals surface area contributed by atoms with Crippen LogP contribution in [-0.4, -0.2) is 80.6 Å². The van der Waals surface area contributed by atoms with E-state index in [0.29, 0.717) is 12.0 Å². The zero-order valence-electron chi connectivity index (χ0n) is 18.8. The number of phenols is 1. The van der Waals surface area contributed by atoms with Gasteiger partial charge in [0, 0.05) is 19.4 Å². The fourth-order valence-electron chi connectivity index (χ4n) is 3.67. The lowest BCUT2D eigenvalue weighted by atomic mass is 10.0. The smallest absolute Gasteiger partial charge is 0.326 e. The number of benzene rings is 1. The van der Waals surface area contributed by atoms with Gasteiger partial charge in [0.15, 0.2) is 0 Å². The minimum absolute atomic E-state index is 0.00787. The Morgan fingerprint density at radius 2 is 1.68 bits per heavy atom. The summed E-state index contributed by atoms with van der Waals surface area (Å²) in [6.45, 7) is 1.61. The van der Waals surface area contributed by atoms with E-state index in [-0.39, 0.29) is 31.6 Å². The lowest BCUT2D eigenvalue weighted by molar-refractivity contribution is -0.149. The normalized spacial score (nSPS) is 17.9. The first-order chi connectivity index (χ1) is 16.0. The van der Waals surface area contributed by atoms with Crippen LogP contribution < -0.4 is 16.4 Å². The second-order valence-electron chi connectivity index (χ2n) is 8.24. The number of carbonyl (C=O) groups is 5. The Morgan fingerprint density at radius 1 is 1.06 bits per heavy atom. The maximum atomic E-state index is 13.3. The molecule has 3 amide bonds. The molecule has 1 fully saturated rings. The zero-order chi connectivity index (χ0) is 25.4. The Bertz CT molecular complexity index is 918. The number of likely N-dealkylation sites (tertiary alicyclic amines) is 1. The van der Waals surface area contributed by atoms with Crippen molar-refractivity contribution in [3.63, 3.8) is 0 Å². The molecular weight excluding hydrogens is 448 g/mol. The molecule has 1 aromatic carbocycles. The van der Waals surface area contributed by atoms with Crippen molar-refractivity contribution in [3.8, 4) is 5.75 Å². The highest BCUT2D eigenvalue weighted by Crippen LogP contribution is 2.20. The minimum atomic E-state index is -1.27. The molecular formula is C22H30N4O8. The van der Waals surface area contributed by atoms with E-state index in [1.807, 2.05) is 0 Å². The number of carboxylic acid groups (broad SMARTS) is 2. The summed E-state index contributed by atoms with van der Waals surface area (Å²) in [6.07, 6.45) is 0.115. The van der Waals surface area contributed by atoms with Gasteiger partial charge in [-0.25, -0.2) is 4.79 Å². The van der Waals surface area contributed by atoms with Gasteiger partial charge in [-0.3, -0.25) is 19.2 Å². The highest BCUT2D eigenvalue weighted by molar-refractivity contribution is 5.94. The summed E-state index contributed by atoms with van der Waals surface area (Å²) in [4.78, 5) is 62.1. The Hall–Kier alpha value is -3.67. The number of rotatable bonds is 11. The quantitative estimate of drug-likeness (QED) is 0.235. The predicted molar refractivity (Wildman–Crippen MR) is 119 cm³/mol. The second kappa shape index (κ2) is 12.0. The zero-order valence-corrected chi connectivity index (χ0v) is 18.8. The average Bonchev–Trinajstić information content (AvgIpc) is 3.27. The van der Waals surface area contributed by atoms with Crippen LogP contribution in [0.2, 0.25) is 0 Å². The molecule has 12 heteroatoms. The molecule has 7 N–H and O–H groups in total. The van der Waals surface area contributed by atoms with Crippen molar-refractivity contribution in [2.45, 2.75) is 63.2 Å². The van der Waals surface area contributed by atoms with E-state index in [0.717, 1.165) is 0 Å². The topological polar surface area (TPSA) is 199 Å². The van der Waals surface area contributed by atoms with Crippen LogP contribution >= 0.6 is 0 Å². The minimum Gasteiger partial charge on any atom is -0.508 e. The Labute approximate surface area is 196 Å². The summed E-state index contributed by atoms with van der Waals surface area (Å²) in [5.41, 5.74) is 6.12. The van der Waals surface area contributed by atoms with E-state index in [1.54, 1.807) is 12.1 Å². The number of hydrogen-bond acceptors (Lipinski definition) is 7. The molecule has 12 nitrogen and oxygen atoms in total. The summed E-state index contributed by atoms with van der Waals surface area (Å²) < 4.78 is 0.